The highest BCUT2D eigenvalue weighted by Gasteiger charge is 2.22. The maximum absolute atomic E-state index is 13.2. The predicted octanol–water partition coefficient (Wildman–Crippen LogP) is 3.82. The van der Waals surface area contributed by atoms with Gasteiger partial charge in [-0.25, -0.2) is 8.42 Å². The average molecular weight is 448 g/mol. The zero-order valence-corrected chi connectivity index (χ0v) is 18.7. The van der Waals surface area contributed by atoms with Crippen LogP contribution in [0.3, 0.4) is 0 Å². The molecule has 4 rings (SSSR count). The molecule has 1 heterocycles. The summed E-state index contributed by atoms with van der Waals surface area (Å²) < 4.78 is 34.6. The van der Waals surface area contributed by atoms with Crippen LogP contribution in [0.15, 0.2) is 65.6 Å². The lowest BCUT2D eigenvalue weighted by Crippen LogP contribution is -2.44. The Bertz CT molecular complexity index is 1120. The van der Waals surface area contributed by atoms with Gasteiger partial charge in [0, 0.05) is 31.6 Å². The van der Waals surface area contributed by atoms with Gasteiger partial charge in [0.2, 0.25) is 0 Å². The van der Waals surface area contributed by atoms with Crippen LogP contribution in [0.25, 0.3) is 10.8 Å². The number of nitrogens with zero attached hydrogens (tertiary/aromatic N) is 2. The second-order valence-corrected chi connectivity index (χ2v) is 8.94. The van der Waals surface area contributed by atoms with E-state index < -0.39 is 10.0 Å². The van der Waals surface area contributed by atoms with E-state index in [1.807, 2.05) is 36.4 Å². The van der Waals surface area contributed by atoms with Gasteiger partial charge in [0.05, 0.1) is 23.4 Å². The molecule has 160 valence electrons. The monoisotopic (exact) mass is 447 g/mol. The Kier molecular flexibility index (Phi) is 6.75. The van der Waals surface area contributed by atoms with Crippen molar-refractivity contribution in [3.8, 4) is 5.75 Å². The first-order chi connectivity index (χ1) is 14.0. The third-order valence-corrected chi connectivity index (χ3v) is 6.70. The molecule has 0 radical (unpaired) electrons. The third kappa shape index (κ3) is 4.48. The molecule has 0 atom stereocenters. The molecule has 1 aliphatic rings. The minimum absolute atomic E-state index is 0. The molecule has 8 heteroatoms. The molecular formula is C22H26ClN3O3S. The van der Waals surface area contributed by atoms with Gasteiger partial charge in [-0.15, -0.1) is 12.4 Å². The Labute approximate surface area is 183 Å². The Balaban J connectivity index is 0.00000256. The quantitative estimate of drug-likeness (QED) is 0.644. The number of sulfonamides is 1. The molecule has 3 aromatic rings. The number of anilines is 2. The van der Waals surface area contributed by atoms with Gasteiger partial charge in [-0.2, -0.15) is 0 Å². The lowest BCUT2D eigenvalue weighted by atomic mass is 10.1. The van der Waals surface area contributed by atoms with Gasteiger partial charge >= 0.3 is 0 Å². The fourth-order valence-corrected chi connectivity index (χ4v) is 4.75. The number of nitrogens with one attached hydrogen (secondary N) is 1. The van der Waals surface area contributed by atoms with E-state index >= 15 is 0 Å². The number of fused-ring (bicyclic) bond motifs is 1. The molecule has 0 aromatic heterocycles. The van der Waals surface area contributed by atoms with Crippen LogP contribution in [-0.4, -0.2) is 53.7 Å². The van der Waals surface area contributed by atoms with Crippen molar-refractivity contribution in [1.82, 2.24) is 4.90 Å². The summed E-state index contributed by atoms with van der Waals surface area (Å²) in [4.78, 5) is 4.65. The van der Waals surface area contributed by atoms with Crippen molar-refractivity contribution in [2.24, 2.45) is 0 Å². The summed E-state index contributed by atoms with van der Waals surface area (Å²) in [7, 11) is -0.0489. The largest absolute Gasteiger partial charge is 0.495 e. The van der Waals surface area contributed by atoms with Gasteiger partial charge in [0.15, 0.2) is 0 Å². The van der Waals surface area contributed by atoms with Crippen molar-refractivity contribution in [1.29, 1.82) is 0 Å². The van der Waals surface area contributed by atoms with Crippen LogP contribution in [0, 0.1) is 0 Å². The molecule has 1 N–H and O–H groups in total. The smallest absolute Gasteiger partial charge is 0.261 e. The molecule has 30 heavy (non-hydrogen) atoms. The number of likely N-dealkylation sites (N-methyl/N-ethyl adjacent to an activating group) is 1. The molecule has 1 aliphatic heterocycles. The number of ether oxygens (including phenoxy) is 1. The lowest BCUT2D eigenvalue weighted by molar-refractivity contribution is 0.311. The number of halogens is 1. The number of benzene rings is 3. The fraction of sp³-hybridized carbons (Fsp3) is 0.273. The van der Waals surface area contributed by atoms with Gasteiger partial charge in [-0.3, -0.25) is 4.72 Å². The maximum Gasteiger partial charge on any atom is 0.261 e. The van der Waals surface area contributed by atoms with Crippen molar-refractivity contribution < 1.29 is 13.2 Å². The highest BCUT2D eigenvalue weighted by Crippen LogP contribution is 2.33. The van der Waals surface area contributed by atoms with Gasteiger partial charge in [-0.05, 0) is 36.7 Å². The molecule has 0 bridgehead atoms. The summed E-state index contributed by atoms with van der Waals surface area (Å²) in [6.07, 6.45) is 0. The summed E-state index contributed by atoms with van der Waals surface area (Å²) in [5, 5.41) is 1.85. The van der Waals surface area contributed by atoms with E-state index in [-0.39, 0.29) is 17.3 Å². The van der Waals surface area contributed by atoms with Crippen LogP contribution in [0.4, 0.5) is 11.4 Å². The van der Waals surface area contributed by atoms with E-state index in [9.17, 15) is 8.42 Å². The van der Waals surface area contributed by atoms with Crippen LogP contribution in [0.2, 0.25) is 0 Å². The molecule has 0 unspecified atom stereocenters. The number of piperazine rings is 1. The number of rotatable bonds is 5. The summed E-state index contributed by atoms with van der Waals surface area (Å²) in [6, 6.07) is 18.3. The Morgan fingerprint density at radius 3 is 2.37 bits per heavy atom. The minimum atomic E-state index is -3.74. The SMILES string of the molecule is COc1ccc(S(=O)(=O)Nc2cccc3ccccc23)cc1N1CCN(C)CC1.Cl. The van der Waals surface area contributed by atoms with E-state index in [4.69, 9.17) is 4.74 Å². The summed E-state index contributed by atoms with van der Waals surface area (Å²) >= 11 is 0. The first kappa shape index (κ1) is 22.2. The van der Waals surface area contributed by atoms with Crippen LogP contribution >= 0.6 is 12.4 Å². The van der Waals surface area contributed by atoms with Crippen molar-refractivity contribution >= 4 is 44.6 Å². The van der Waals surface area contributed by atoms with Gasteiger partial charge in [0.1, 0.15) is 5.75 Å². The zero-order chi connectivity index (χ0) is 20.4. The molecule has 0 spiro atoms. The normalized spacial score (nSPS) is 14.9. The minimum Gasteiger partial charge on any atom is -0.495 e. The van der Waals surface area contributed by atoms with Crippen molar-refractivity contribution in [2.75, 3.05) is 50.0 Å². The van der Waals surface area contributed by atoms with Crippen molar-refractivity contribution in [3.05, 3.63) is 60.7 Å². The van der Waals surface area contributed by atoms with E-state index in [0.717, 1.165) is 42.6 Å². The Morgan fingerprint density at radius 2 is 1.63 bits per heavy atom. The number of hydrogen-bond acceptors (Lipinski definition) is 5. The summed E-state index contributed by atoms with van der Waals surface area (Å²) in [5.41, 5.74) is 1.38. The average Bonchev–Trinajstić information content (AvgIpc) is 2.74. The molecule has 1 fully saturated rings. The molecule has 1 saturated heterocycles. The second kappa shape index (κ2) is 9.12. The van der Waals surface area contributed by atoms with Crippen LogP contribution < -0.4 is 14.4 Å². The van der Waals surface area contributed by atoms with E-state index in [0.29, 0.717) is 11.4 Å². The van der Waals surface area contributed by atoms with Crippen LogP contribution in [-0.2, 0) is 10.0 Å². The first-order valence-corrected chi connectivity index (χ1v) is 11.1. The molecule has 6 nitrogen and oxygen atoms in total. The molecular weight excluding hydrogens is 422 g/mol. The maximum atomic E-state index is 13.2. The second-order valence-electron chi connectivity index (χ2n) is 7.26. The standard InChI is InChI=1S/C22H25N3O3S.ClH/c1-24-12-14-25(15-13-24)21-16-18(10-11-22(21)28-2)29(26,27)23-20-9-5-7-17-6-3-4-8-19(17)20;/h3-11,16,23H,12-15H2,1-2H3;1H. The highest BCUT2D eigenvalue weighted by atomic mass is 35.5. The highest BCUT2D eigenvalue weighted by molar-refractivity contribution is 7.92. The number of methoxy groups -OCH3 is 1. The Hall–Kier alpha value is -2.48. The summed E-state index contributed by atoms with van der Waals surface area (Å²) in [6.45, 7) is 3.50. The topological polar surface area (TPSA) is 61.9 Å². The fourth-order valence-electron chi connectivity index (χ4n) is 3.65. The molecule has 0 saturated carbocycles. The van der Waals surface area contributed by atoms with Crippen molar-refractivity contribution in [3.63, 3.8) is 0 Å². The van der Waals surface area contributed by atoms with Crippen LogP contribution in [0.5, 0.6) is 5.75 Å². The summed E-state index contributed by atoms with van der Waals surface area (Å²) in [5.74, 6) is 0.679. The number of hydrogen-bond donors (Lipinski definition) is 1. The van der Waals surface area contributed by atoms with E-state index in [1.54, 1.807) is 31.4 Å². The van der Waals surface area contributed by atoms with Gasteiger partial charge in [0.25, 0.3) is 10.0 Å². The van der Waals surface area contributed by atoms with Crippen LogP contribution in [0.1, 0.15) is 0 Å². The van der Waals surface area contributed by atoms with E-state index in [2.05, 4.69) is 21.6 Å². The van der Waals surface area contributed by atoms with Crippen molar-refractivity contribution in [2.45, 2.75) is 4.90 Å². The zero-order valence-electron chi connectivity index (χ0n) is 17.0. The lowest BCUT2D eigenvalue weighted by Gasteiger charge is -2.34. The molecule has 3 aromatic carbocycles. The predicted molar refractivity (Wildman–Crippen MR) is 125 cm³/mol. The Morgan fingerprint density at radius 1 is 0.933 bits per heavy atom. The molecule has 0 aliphatic carbocycles. The van der Waals surface area contributed by atoms with E-state index in [1.165, 1.54) is 0 Å². The first-order valence-electron chi connectivity index (χ1n) is 9.60. The van der Waals surface area contributed by atoms with Gasteiger partial charge < -0.3 is 14.5 Å². The third-order valence-electron chi connectivity index (χ3n) is 5.34. The van der Waals surface area contributed by atoms with Gasteiger partial charge in [-0.1, -0.05) is 36.4 Å². The molecule has 0 amide bonds.